The largest absolute Gasteiger partial charge is 0.489 e. The predicted octanol–water partition coefficient (Wildman–Crippen LogP) is 2.95. The third-order valence-electron chi connectivity index (χ3n) is 3.38. The van der Waals surface area contributed by atoms with E-state index < -0.39 is 0 Å². The van der Waals surface area contributed by atoms with Crippen molar-refractivity contribution in [3.05, 3.63) is 65.7 Å². The lowest BCUT2D eigenvalue weighted by atomic mass is 9.93. The van der Waals surface area contributed by atoms with E-state index in [1.54, 1.807) is 0 Å². The van der Waals surface area contributed by atoms with E-state index >= 15 is 0 Å². The summed E-state index contributed by atoms with van der Waals surface area (Å²) in [4.78, 5) is 0. The second kappa shape index (κ2) is 5.23. The summed E-state index contributed by atoms with van der Waals surface area (Å²) in [6.45, 7) is 2.76. The van der Waals surface area contributed by atoms with Crippen molar-refractivity contribution in [1.82, 2.24) is 5.32 Å². The zero-order chi connectivity index (χ0) is 12.2. The van der Waals surface area contributed by atoms with Crippen LogP contribution in [0, 0.1) is 0 Å². The highest BCUT2D eigenvalue weighted by molar-refractivity contribution is 5.38. The fraction of sp³-hybridized carbons (Fsp3) is 0.250. The maximum Gasteiger partial charge on any atom is 0.123 e. The number of ether oxygens (including phenoxy) is 1. The van der Waals surface area contributed by atoms with Gasteiger partial charge >= 0.3 is 0 Å². The molecule has 2 heteroatoms. The molecular formula is C16H17NO. The number of rotatable bonds is 4. The second-order valence-corrected chi connectivity index (χ2v) is 4.67. The Balaban J connectivity index is 1.72. The van der Waals surface area contributed by atoms with Crippen LogP contribution in [0.1, 0.15) is 17.0 Å². The van der Waals surface area contributed by atoms with Crippen LogP contribution in [0.3, 0.4) is 0 Å². The van der Waals surface area contributed by atoms with Crippen molar-refractivity contribution in [2.24, 2.45) is 0 Å². The molecule has 0 saturated carbocycles. The normalized spacial score (nSPS) is 15.1. The molecule has 2 aromatic carbocycles. The van der Waals surface area contributed by atoms with Gasteiger partial charge < -0.3 is 10.1 Å². The standard InChI is InChI=1S/C16H17NO/c1-2-6-13(7-3-1)12-18-16-9-5-4-8-15(16)14-10-17-11-14/h1-9,14,17H,10-12H2. The first-order valence-corrected chi connectivity index (χ1v) is 6.40. The van der Waals surface area contributed by atoms with Gasteiger partial charge in [0.25, 0.3) is 0 Å². The first-order chi connectivity index (χ1) is 8.93. The summed E-state index contributed by atoms with van der Waals surface area (Å²) in [5.74, 6) is 1.63. The molecule has 18 heavy (non-hydrogen) atoms. The average Bonchev–Trinajstić information content (AvgIpc) is 2.37. The molecule has 1 heterocycles. The van der Waals surface area contributed by atoms with Crippen molar-refractivity contribution in [3.8, 4) is 5.75 Å². The van der Waals surface area contributed by atoms with E-state index in [1.165, 1.54) is 11.1 Å². The minimum atomic E-state index is 0.608. The minimum absolute atomic E-state index is 0.608. The molecule has 0 aromatic heterocycles. The summed E-state index contributed by atoms with van der Waals surface area (Å²) in [5.41, 5.74) is 2.53. The number of nitrogens with one attached hydrogen (secondary N) is 1. The quantitative estimate of drug-likeness (QED) is 0.885. The molecule has 1 aliphatic rings. The highest BCUT2D eigenvalue weighted by atomic mass is 16.5. The van der Waals surface area contributed by atoms with Crippen LogP contribution in [0.5, 0.6) is 5.75 Å². The SMILES string of the molecule is c1ccc(COc2ccccc2C2CNC2)cc1. The van der Waals surface area contributed by atoms with Crippen LogP contribution in [0.25, 0.3) is 0 Å². The first-order valence-electron chi connectivity index (χ1n) is 6.40. The number of benzene rings is 2. The van der Waals surface area contributed by atoms with Gasteiger partial charge in [0.15, 0.2) is 0 Å². The Morgan fingerprint density at radius 2 is 1.67 bits per heavy atom. The molecule has 1 N–H and O–H groups in total. The third-order valence-corrected chi connectivity index (χ3v) is 3.38. The average molecular weight is 239 g/mol. The van der Waals surface area contributed by atoms with Gasteiger partial charge in [0, 0.05) is 19.0 Å². The number of hydrogen-bond donors (Lipinski definition) is 1. The van der Waals surface area contributed by atoms with Crippen LogP contribution >= 0.6 is 0 Å². The van der Waals surface area contributed by atoms with Crippen molar-refractivity contribution in [1.29, 1.82) is 0 Å². The van der Waals surface area contributed by atoms with E-state index in [0.29, 0.717) is 12.5 Å². The molecule has 1 fully saturated rings. The second-order valence-electron chi connectivity index (χ2n) is 4.67. The van der Waals surface area contributed by atoms with Crippen molar-refractivity contribution in [2.45, 2.75) is 12.5 Å². The topological polar surface area (TPSA) is 21.3 Å². The third kappa shape index (κ3) is 2.39. The molecule has 0 radical (unpaired) electrons. The Bertz CT molecular complexity index is 506. The van der Waals surface area contributed by atoms with Crippen LogP contribution < -0.4 is 10.1 Å². The van der Waals surface area contributed by atoms with Crippen molar-refractivity contribution in [2.75, 3.05) is 13.1 Å². The Morgan fingerprint density at radius 3 is 2.39 bits per heavy atom. The summed E-state index contributed by atoms with van der Waals surface area (Å²) >= 11 is 0. The van der Waals surface area contributed by atoms with Gasteiger partial charge in [0.2, 0.25) is 0 Å². The van der Waals surface area contributed by atoms with Crippen LogP contribution in [0.15, 0.2) is 54.6 Å². The molecular weight excluding hydrogens is 222 g/mol. The molecule has 0 amide bonds. The van der Waals surface area contributed by atoms with Crippen LogP contribution in [-0.4, -0.2) is 13.1 Å². The van der Waals surface area contributed by atoms with E-state index in [9.17, 15) is 0 Å². The Labute approximate surface area is 108 Å². The van der Waals surface area contributed by atoms with Crippen LogP contribution in [-0.2, 0) is 6.61 Å². The van der Waals surface area contributed by atoms with Gasteiger partial charge in [-0.05, 0) is 17.2 Å². The lowest BCUT2D eigenvalue weighted by Gasteiger charge is -2.29. The van der Waals surface area contributed by atoms with Gasteiger partial charge in [-0.3, -0.25) is 0 Å². The van der Waals surface area contributed by atoms with E-state index in [0.717, 1.165) is 18.8 Å². The van der Waals surface area contributed by atoms with Crippen molar-refractivity contribution < 1.29 is 4.74 Å². The maximum absolute atomic E-state index is 5.95. The van der Waals surface area contributed by atoms with E-state index in [-0.39, 0.29) is 0 Å². The molecule has 0 spiro atoms. The summed E-state index contributed by atoms with van der Waals surface area (Å²) in [7, 11) is 0. The fourth-order valence-electron chi connectivity index (χ4n) is 2.19. The minimum Gasteiger partial charge on any atom is -0.489 e. The van der Waals surface area contributed by atoms with E-state index in [1.807, 2.05) is 24.3 Å². The van der Waals surface area contributed by atoms with Crippen LogP contribution in [0.4, 0.5) is 0 Å². The van der Waals surface area contributed by atoms with Gasteiger partial charge in [-0.25, -0.2) is 0 Å². The van der Waals surface area contributed by atoms with E-state index in [2.05, 4.69) is 35.6 Å². The zero-order valence-corrected chi connectivity index (χ0v) is 10.3. The number of hydrogen-bond acceptors (Lipinski definition) is 2. The van der Waals surface area contributed by atoms with Gasteiger partial charge in [0.1, 0.15) is 12.4 Å². The monoisotopic (exact) mass is 239 g/mol. The number of para-hydroxylation sites is 1. The maximum atomic E-state index is 5.95. The predicted molar refractivity (Wildman–Crippen MR) is 72.8 cm³/mol. The first kappa shape index (κ1) is 11.3. The Hall–Kier alpha value is -1.80. The molecule has 0 bridgehead atoms. The molecule has 0 unspecified atom stereocenters. The van der Waals surface area contributed by atoms with Crippen LogP contribution in [0.2, 0.25) is 0 Å². The molecule has 3 rings (SSSR count). The van der Waals surface area contributed by atoms with Gasteiger partial charge in [-0.1, -0.05) is 48.5 Å². The molecule has 2 nitrogen and oxygen atoms in total. The molecule has 2 aromatic rings. The lowest BCUT2D eigenvalue weighted by Crippen LogP contribution is -2.40. The summed E-state index contributed by atoms with van der Waals surface area (Å²) in [6.07, 6.45) is 0. The highest BCUT2D eigenvalue weighted by Gasteiger charge is 2.21. The van der Waals surface area contributed by atoms with Crippen molar-refractivity contribution in [3.63, 3.8) is 0 Å². The van der Waals surface area contributed by atoms with Gasteiger partial charge in [-0.15, -0.1) is 0 Å². The smallest absolute Gasteiger partial charge is 0.123 e. The summed E-state index contributed by atoms with van der Waals surface area (Å²) in [6, 6.07) is 18.7. The van der Waals surface area contributed by atoms with Crippen molar-refractivity contribution >= 4 is 0 Å². The lowest BCUT2D eigenvalue weighted by molar-refractivity contribution is 0.296. The van der Waals surface area contributed by atoms with Gasteiger partial charge in [0.05, 0.1) is 0 Å². The molecule has 0 atom stereocenters. The Kier molecular flexibility index (Phi) is 3.29. The van der Waals surface area contributed by atoms with Gasteiger partial charge in [-0.2, -0.15) is 0 Å². The molecule has 92 valence electrons. The highest BCUT2D eigenvalue weighted by Crippen LogP contribution is 2.29. The van der Waals surface area contributed by atoms with E-state index in [4.69, 9.17) is 4.74 Å². The zero-order valence-electron chi connectivity index (χ0n) is 10.3. The summed E-state index contributed by atoms with van der Waals surface area (Å²) in [5, 5.41) is 3.31. The fourth-order valence-corrected chi connectivity index (χ4v) is 2.19. The Morgan fingerprint density at radius 1 is 0.944 bits per heavy atom. The summed E-state index contributed by atoms with van der Waals surface area (Å²) < 4.78 is 5.95. The molecule has 1 aliphatic heterocycles. The molecule has 0 aliphatic carbocycles. The molecule has 1 saturated heterocycles.